The second-order valence-corrected chi connectivity index (χ2v) is 8.84. The summed E-state index contributed by atoms with van der Waals surface area (Å²) in [5.74, 6) is -3.07. The van der Waals surface area contributed by atoms with Gasteiger partial charge in [0.15, 0.2) is 0 Å². The molecule has 1 atom stereocenters. The summed E-state index contributed by atoms with van der Waals surface area (Å²) < 4.78 is 20.3. The molecule has 3 aromatic carbocycles. The standard InChI is InChI=1S/C25H17Cl3FNO4/c1-12-9-15(24(34-2)18(28)10-12)22(31)20-21(14-5-3-4-6-19(14)29)30(25(33)23(20)32)13-7-8-16(26)17(27)11-13/h3-11,21,31H,1-2H3/b22-20+. The number of halogens is 4. The third-order valence-corrected chi connectivity index (χ3v) is 6.49. The molecular weight excluding hydrogens is 504 g/mol. The Morgan fingerprint density at radius 3 is 2.35 bits per heavy atom. The second kappa shape index (κ2) is 9.29. The lowest BCUT2D eigenvalue weighted by Crippen LogP contribution is -2.29. The molecule has 5 nitrogen and oxygen atoms in total. The molecular formula is C25H17Cl3FNO4. The molecule has 0 radical (unpaired) electrons. The van der Waals surface area contributed by atoms with Gasteiger partial charge in [-0.15, -0.1) is 0 Å². The largest absolute Gasteiger partial charge is 0.507 e. The summed E-state index contributed by atoms with van der Waals surface area (Å²) in [7, 11) is 1.36. The monoisotopic (exact) mass is 519 g/mol. The first kappa shape index (κ1) is 24.1. The van der Waals surface area contributed by atoms with Crippen LogP contribution in [0.2, 0.25) is 15.1 Å². The van der Waals surface area contributed by atoms with Crippen LogP contribution in [-0.2, 0) is 9.59 Å². The Morgan fingerprint density at radius 1 is 1.00 bits per heavy atom. The van der Waals surface area contributed by atoms with Crippen molar-refractivity contribution < 1.29 is 23.8 Å². The summed E-state index contributed by atoms with van der Waals surface area (Å²) in [5, 5.41) is 11.9. The van der Waals surface area contributed by atoms with E-state index in [0.717, 1.165) is 4.90 Å². The lowest BCUT2D eigenvalue weighted by molar-refractivity contribution is -0.132. The smallest absolute Gasteiger partial charge is 0.300 e. The van der Waals surface area contributed by atoms with Gasteiger partial charge in [0, 0.05) is 11.3 Å². The van der Waals surface area contributed by atoms with Gasteiger partial charge in [-0.2, -0.15) is 0 Å². The van der Waals surface area contributed by atoms with E-state index in [4.69, 9.17) is 39.5 Å². The molecule has 1 aliphatic rings. The number of benzene rings is 3. The lowest BCUT2D eigenvalue weighted by atomic mass is 9.94. The Morgan fingerprint density at radius 2 is 1.71 bits per heavy atom. The second-order valence-electron chi connectivity index (χ2n) is 7.62. The van der Waals surface area contributed by atoms with Crippen molar-refractivity contribution in [1.29, 1.82) is 0 Å². The molecule has 1 saturated heterocycles. The zero-order chi connectivity index (χ0) is 24.7. The summed E-state index contributed by atoms with van der Waals surface area (Å²) in [5.41, 5.74) is 0.667. The predicted octanol–water partition coefficient (Wildman–Crippen LogP) is 6.73. The summed E-state index contributed by atoms with van der Waals surface area (Å²) >= 11 is 18.4. The Balaban J connectivity index is 2.04. The molecule has 0 aliphatic carbocycles. The Hall–Kier alpha value is -3.06. The molecule has 1 unspecified atom stereocenters. The van der Waals surface area contributed by atoms with Crippen molar-refractivity contribution in [3.05, 3.63) is 97.7 Å². The number of carbonyl (C=O) groups excluding carboxylic acids is 2. The zero-order valence-electron chi connectivity index (χ0n) is 17.9. The van der Waals surface area contributed by atoms with Crippen LogP contribution in [0.5, 0.6) is 5.75 Å². The maximum atomic E-state index is 15.0. The lowest BCUT2D eigenvalue weighted by Gasteiger charge is -2.26. The van der Waals surface area contributed by atoms with E-state index in [0.29, 0.717) is 5.56 Å². The predicted molar refractivity (Wildman–Crippen MR) is 130 cm³/mol. The highest BCUT2D eigenvalue weighted by Crippen LogP contribution is 2.45. The fourth-order valence-electron chi connectivity index (χ4n) is 3.98. The van der Waals surface area contributed by atoms with Crippen molar-refractivity contribution in [2.24, 2.45) is 0 Å². The molecule has 0 bridgehead atoms. The summed E-state index contributed by atoms with van der Waals surface area (Å²) in [6.45, 7) is 1.74. The fraction of sp³-hybridized carbons (Fsp3) is 0.120. The van der Waals surface area contributed by atoms with Crippen molar-refractivity contribution in [3.63, 3.8) is 0 Å². The van der Waals surface area contributed by atoms with Gasteiger partial charge in [-0.05, 0) is 48.9 Å². The summed E-state index contributed by atoms with van der Waals surface area (Å²) in [4.78, 5) is 27.5. The van der Waals surface area contributed by atoms with Gasteiger partial charge in [-0.25, -0.2) is 4.39 Å². The molecule has 3 aromatic rings. The number of carbonyl (C=O) groups is 2. The maximum absolute atomic E-state index is 15.0. The number of nitrogens with zero attached hydrogens (tertiary/aromatic N) is 1. The number of ketones is 1. The van der Waals surface area contributed by atoms with E-state index in [2.05, 4.69) is 0 Å². The van der Waals surface area contributed by atoms with Crippen LogP contribution >= 0.6 is 34.8 Å². The normalized spacial score (nSPS) is 17.4. The number of methoxy groups -OCH3 is 1. The van der Waals surface area contributed by atoms with E-state index in [1.54, 1.807) is 25.1 Å². The first-order chi connectivity index (χ1) is 16.1. The van der Waals surface area contributed by atoms with Crippen LogP contribution in [0.4, 0.5) is 10.1 Å². The number of Topliss-reactive ketones (excluding diaryl/α,β-unsaturated/α-hetero) is 1. The third kappa shape index (κ3) is 4.02. The number of aryl methyl sites for hydroxylation is 1. The molecule has 1 N–H and O–H groups in total. The molecule has 0 aromatic heterocycles. The van der Waals surface area contributed by atoms with Gasteiger partial charge in [0.1, 0.15) is 17.3 Å². The topological polar surface area (TPSA) is 66.8 Å². The van der Waals surface area contributed by atoms with Crippen molar-refractivity contribution in [2.75, 3.05) is 12.0 Å². The van der Waals surface area contributed by atoms with Gasteiger partial charge in [-0.3, -0.25) is 14.5 Å². The first-order valence-corrected chi connectivity index (χ1v) is 11.1. The molecule has 1 amide bonds. The van der Waals surface area contributed by atoms with Crippen LogP contribution in [-0.4, -0.2) is 23.9 Å². The number of hydrogen-bond acceptors (Lipinski definition) is 4. The van der Waals surface area contributed by atoms with Crippen LogP contribution in [0.1, 0.15) is 22.7 Å². The number of ether oxygens (including phenoxy) is 1. The highest BCUT2D eigenvalue weighted by atomic mass is 35.5. The van der Waals surface area contributed by atoms with Gasteiger partial charge in [-0.1, -0.05) is 53.0 Å². The number of anilines is 1. The fourth-order valence-corrected chi connectivity index (χ4v) is 4.63. The zero-order valence-corrected chi connectivity index (χ0v) is 20.2. The minimum Gasteiger partial charge on any atom is -0.507 e. The third-order valence-electron chi connectivity index (χ3n) is 5.47. The minimum absolute atomic E-state index is 0.00652. The van der Waals surface area contributed by atoms with E-state index in [1.807, 2.05) is 0 Å². The number of amides is 1. The van der Waals surface area contributed by atoms with Crippen LogP contribution < -0.4 is 9.64 Å². The molecule has 0 saturated carbocycles. The van der Waals surface area contributed by atoms with E-state index < -0.39 is 29.3 Å². The van der Waals surface area contributed by atoms with Gasteiger partial charge in [0.05, 0.1) is 39.4 Å². The van der Waals surface area contributed by atoms with E-state index >= 15 is 0 Å². The molecule has 9 heteroatoms. The number of aliphatic hydroxyl groups excluding tert-OH is 1. The van der Waals surface area contributed by atoms with Gasteiger partial charge < -0.3 is 9.84 Å². The summed E-state index contributed by atoms with van der Waals surface area (Å²) in [6.07, 6.45) is 0. The molecule has 0 spiro atoms. The Labute approximate surface area is 209 Å². The van der Waals surface area contributed by atoms with Crippen LogP contribution in [0.25, 0.3) is 5.76 Å². The maximum Gasteiger partial charge on any atom is 0.300 e. The minimum atomic E-state index is -1.29. The summed E-state index contributed by atoms with van der Waals surface area (Å²) in [6, 6.07) is 11.9. The van der Waals surface area contributed by atoms with Gasteiger partial charge in [0.2, 0.25) is 0 Å². The van der Waals surface area contributed by atoms with E-state index in [1.165, 1.54) is 43.5 Å². The Kier molecular flexibility index (Phi) is 6.58. The molecule has 4 rings (SSSR count). The average Bonchev–Trinajstić information content (AvgIpc) is 3.05. The van der Waals surface area contributed by atoms with Crippen LogP contribution in [0.15, 0.2) is 60.2 Å². The van der Waals surface area contributed by atoms with Crippen molar-refractivity contribution in [2.45, 2.75) is 13.0 Å². The SMILES string of the molecule is COc1c(Cl)cc(C)cc1/C(O)=C1\C(=O)C(=O)N(c2ccc(Cl)c(Cl)c2)C1c1ccccc1F. The molecule has 1 fully saturated rings. The molecule has 1 aliphatic heterocycles. The quantitative estimate of drug-likeness (QED) is 0.235. The number of rotatable bonds is 4. The van der Waals surface area contributed by atoms with Crippen molar-refractivity contribution >= 4 is 57.9 Å². The Bertz CT molecular complexity index is 1370. The van der Waals surface area contributed by atoms with Crippen LogP contribution in [0.3, 0.4) is 0 Å². The number of hydrogen-bond donors (Lipinski definition) is 1. The van der Waals surface area contributed by atoms with Crippen molar-refractivity contribution in [1.82, 2.24) is 0 Å². The van der Waals surface area contributed by atoms with Crippen molar-refractivity contribution in [3.8, 4) is 5.75 Å². The van der Waals surface area contributed by atoms with E-state index in [-0.39, 0.29) is 43.2 Å². The highest BCUT2D eigenvalue weighted by molar-refractivity contribution is 6.52. The first-order valence-electron chi connectivity index (χ1n) is 10.0. The van der Waals surface area contributed by atoms with Crippen LogP contribution in [0, 0.1) is 12.7 Å². The van der Waals surface area contributed by atoms with E-state index in [9.17, 15) is 19.1 Å². The average molecular weight is 521 g/mol. The molecule has 1 heterocycles. The van der Waals surface area contributed by atoms with Gasteiger partial charge in [0.25, 0.3) is 11.7 Å². The number of aliphatic hydroxyl groups is 1. The highest BCUT2D eigenvalue weighted by Gasteiger charge is 2.48. The van der Waals surface area contributed by atoms with Gasteiger partial charge >= 0.3 is 0 Å². The molecule has 34 heavy (non-hydrogen) atoms. The molecule has 174 valence electrons.